The standard InChI is InChI=1S/C14H13NO/c1-3-10-16-13-7-5-6-11-8-9-12(4-2)15-14(11)13/h3-9H,1-2,10H2. The van der Waals surface area contributed by atoms with Gasteiger partial charge in [0, 0.05) is 5.39 Å². The number of hydrogen-bond donors (Lipinski definition) is 0. The lowest BCUT2D eigenvalue weighted by Crippen LogP contribution is -1.95. The minimum atomic E-state index is 0.485. The van der Waals surface area contributed by atoms with Gasteiger partial charge in [0.1, 0.15) is 17.9 Å². The van der Waals surface area contributed by atoms with E-state index in [2.05, 4.69) is 18.1 Å². The summed E-state index contributed by atoms with van der Waals surface area (Å²) in [5.74, 6) is 0.779. The molecule has 0 N–H and O–H groups in total. The van der Waals surface area contributed by atoms with Crippen molar-refractivity contribution in [3.63, 3.8) is 0 Å². The maximum absolute atomic E-state index is 5.55. The summed E-state index contributed by atoms with van der Waals surface area (Å²) >= 11 is 0. The van der Waals surface area contributed by atoms with Crippen LogP contribution in [-0.4, -0.2) is 11.6 Å². The zero-order valence-corrected chi connectivity index (χ0v) is 9.02. The minimum absolute atomic E-state index is 0.485. The van der Waals surface area contributed by atoms with Crippen LogP contribution in [0.3, 0.4) is 0 Å². The normalized spacial score (nSPS) is 10.0. The van der Waals surface area contributed by atoms with Gasteiger partial charge < -0.3 is 4.74 Å². The summed E-state index contributed by atoms with van der Waals surface area (Å²) in [4.78, 5) is 4.47. The summed E-state index contributed by atoms with van der Waals surface area (Å²) in [6, 6.07) is 9.82. The summed E-state index contributed by atoms with van der Waals surface area (Å²) in [7, 11) is 0. The van der Waals surface area contributed by atoms with Gasteiger partial charge in [0.2, 0.25) is 0 Å². The Morgan fingerprint density at radius 3 is 2.81 bits per heavy atom. The van der Waals surface area contributed by atoms with Gasteiger partial charge in [-0.15, -0.1) is 0 Å². The van der Waals surface area contributed by atoms with Crippen molar-refractivity contribution < 1.29 is 4.74 Å². The molecule has 80 valence electrons. The molecule has 16 heavy (non-hydrogen) atoms. The lowest BCUT2D eigenvalue weighted by atomic mass is 10.2. The van der Waals surface area contributed by atoms with Gasteiger partial charge in [0.05, 0.1) is 5.69 Å². The predicted molar refractivity (Wildman–Crippen MR) is 67.5 cm³/mol. The third-order valence-corrected chi connectivity index (χ3v) is 2.27. The molecule has 0 saturated heterocycles. The second-order valence-corrected chi connectivity index (χ2v) is 3.37. The second-order valence-electron chi connectivity index (χ2n) is 3.37. The lowest BCUT2D eigenvalue weighted by Gasteiger charge is -2.07. The summed E-state index contributed by atoms with van der Waals surface area (Å²) in [6.07, 6.45) is 3.44. The molecule has 0 radical (unpaired) electrons. The van der Waals surface area contributed by atoms with E-state index in [0.29, 0.717) is 6.61 Å². The van der Waals surface area contributed by atoms with Gasteiger partial charge >= 0.3 is 0 Å². The lowest BCUT2D eigenvalue weighted by molar-refractivity contribution is 0.367. The zero-order chi connectivity index (χ0) is 11.4. The highest BCUT2D eigenvalue weighted by molar-refractivity contribution is 5.85. The maximum atomic E-state index is 5.55. The van der Waals surface area contributed by atoms with Crippen LogP contribution >= 0.6 is 0 Å². The van der Waals surface area contributed by atoms with Crippen molar-refractivity contribution in [2.45, 2.75) is 0 Å². The van der Waals surface area contributed by atoms with E-state index in [1.165, 1.54) is 0 Å². The molecule has 2 rings (SSSR count). The van der Waals surface area contributed by atoms with E-state index in [1.807, 2.05) is 30.3 Å². The van der Waals surface area contributed by atoms with Crippen LogP contribution in [0.25, 0.3) is 17.0 Å². The van der Waals surface area contributed by atoms with Crippen molar-refractivity contribution in [1.82, 2.24) is 4.98 Å². The Morgan fingerprint density at radius 2 is 2.06 bits per heavy atom. The van der Waals surface area contributed by atoms with Gasteiger partial charge in [-0.2, -0.15) is 0 Å². The first-order valence-electron chi connectivity index (χ1n) is 5.11. The van der Waals surface area contributed by atoms with Crippen molar-refractivity contribution in [3.05, 3.63) is 55.3 Å². The van der Waals surface area contributed by atoms with E-state index in [9.17, 15) is 0 Å². The summed E-state index contributed by atoms with van der Waals surface area (Å²) in [5, 5.41) is 1.06. The Bertz CT molecular complexity index is 531. The van der Waals surface area contributed by atoms with E-state index < -0.39 is 0 Å². The quantitative estimate of drug-likeness (QED) is 0.723. The van der Waals surface area contributed by atoms with E-state index in [1.54, 1.807) is 12.2 Å². The number of para-hydroxylation sites is 1. The molecule has 0 amide bonds. The number of benzene rings is 1. The Balaban J connectivity index is 2.54. The summed E-state index contributed by atoms with van der Waals surface area (Å²) in [5.41, 5.74) is 1.71. The van der Waals surface area contributed by atoms with Crippen molar-refractivity contribution >= 4 is 17.0 Å². The minimum Gasteiger partial charge on any atom is -0.487 e. The molecule has 0 unspecified atom stereocenters. The number of rotatable bonds is 4. The van der Waals surface area contributed by atoms with Gasteiger partial charge in [0.25, 0.3) is 0 Å². The molecule has 0 saturated carbocycles. The molecular weight excluding hydrogens is 198 g/mol. The third-order valence-electron chi connectivity index (χ3n) is 2.27. The van der Waals surface area contributed by atoms with Crippen LogP contribution in [-0.2, 0) is 0 Å². The topological polar surface area (TPSA) is 22.1 Å². The van der Waals surface area contributed by atoms with Gasteiger partial charge in [-0.05, 0) is 18.2 Å². The number of hydrogen-bond acceptors (Lipinski definition) is 2. The molecule has 0 bridgehead atoms. The van der Waals surface area contributed by atoms with Crippen LogP contribution in [0.4, 0.5) is 0 Å². The van der Waals surface area contributed by atoms with E-state index in [0.717, 1.165) is 22.3 Å². The molecule has 2 nitrogen and oxygen atoms in total. The Kier molecular flexibility index (Phi) is 3.01. The van der Waals surface area contributed by atoms with Crippen LogP contribution in [0.15, 0.2) is 49.6 Å². The molecule has 0 aliphatic carbocycles. The van der Waals surface area contributed by atoms with Crippen LogP contribution in [0.2, 0.25) is 0 Å². The van der Waals surface area contributed by atoms with Crippen LogP contribution in [0, 0.1) is 0 Å². The van der Waals surface area contributed by atoms with Crippen molar-refractivity contribution in [1.29, 1.82) is 0 Å². The molecule has 1 heterocycles. The summed E-state index contributed by atoms with van der Waals surface area (Å²) in [6.45, 7) is 7.82. The molecular formula is C14H13NO. The molecule has 0 aliphatic rings. The number of fused-ring (bicyclic) bond motifs is 1. The molecule has 2 aromatic rings. The average molecular weight is 211 g/mol. The van der Waals surface area contributed by atoms with E-state index >= 15 is 0 Å². The predicted octanol–water partition coefficient (Wildman–Crippen LogP) is 3.44. The van der Waals surface area contributed by atoms with Crippen molar-refractivity contribution in [3.8, 4) is 5.75 Å². The van der Waals surface area contributed by atoms with Gasteiger partial charge in [-0.1, -0.05) is 37.4 Å². The number of aromatic nitrogens is 1. The van der Waals surface area contributed by atoms with Crippen LogP contribution in [0.1, 0.15) is 5.69 Å². The fourth-order valence-electron chi connectivity index (χ4n) is 1.51. The van der Waals surface area contributed by atoms with Crippen molar-refractivity contribution in [2.75, 3.05) is 6.61 Å². The van der Waals surface area contributed by atoms with E-state index in [4.69, 9.17) is 4.74 Å². The van der Waals surface area contributed by atoms with E-state index in [-0.39, 0.29) is 0 Å². The van der Waals surface area contributed by atoms with Crippen molar-refractivity contribution in [2.24, 2.45) is 0 Å². The zero-order valence-electron chi connectivity index (χ0n) is 9.02. The number of nitrogens with zero attached hydrogens (tertiary/aromatic N) is 1. The fraction of sp³-hybridized carbons (Fsp3) is 0.0714. The molecule has 0 atom stereocenters. The maximum Gasteiger partial charge on any atom is 0.146 e. The Morgan fingerprint density at radius 1 is 1.19 bits per heavy atom. The summed E-state index contributed by atoms with van der Waals surface area (Å²) < 4.78 is 5.55. The first kappa shape index (κ1) is 10.4. The molecule has 2 heteroatoms. The fourth-order valence-corrected chi connectivity index (χ4v) is 1.51. The monoisotopic (exact) mass is 211 g/mol. The van der Waals surface area contributed by atoms with Gasteiger partial charge in [-0.3, -0.25) is 0 Å². The second kappa shape index (κ2) is 4.62. The molecule has 1 aromatic carbocycles. The first-order chi connectivity index (χ1) is 7.85. The smallest absolute Gasteiger partial charge is 0.146 e. The highest BCUT2D eigenvalue weighted by atomic mass is 16.5. The SMILES string of the molecule is C=CCOc1cccc2ccc(C=C)nc12. The Hall–Kier alpha value is -2.09. The molecule has 0 fully saturated rings. The highest BCUT2D eigenvalue weighted by Crippen LogP contribution is 2.24. The molecule has 0 aliphatic heterocycles. The first-order valence-corrected chi connectivity index (χ1v) is 5.11. The highest BCUT2D eigenvalue weighted by Gasteiger charge is 2.03. The third kappa shape index (κ3) is 1.96. The number of pyridine rings is 1. The number of ether oxygens (including phenoxy) is 1. The Labute approximate surface area is 94.9 Å². The van der Waals surface area contributed by atoms with Gasteiger partial charge in [0.15, 0.2) is 0 Å². The largest absolute Gasteiger partial charge is 0.487 e. The molecule has 0 spiro atoms. The molecule has 1 aromatic heterocycles. The average Bonchev–Trinajstić information content (AvgIpc) is 2.35. The van der Waals surface area contributed by atoms with Crippen LogP contribution < -0.4 is 4.74 Å². The van der Waals surface area contributed by atoms with Crippen LogP contribution in [0.5, 0.6) is 5.75 Å². The van der Waals surface area contributed by atoms with Gasteiger partial charge in [-0.25, -0.2) is 4.98 Å².